The Kier molecular flexibility index (Phi) is 7.10. The number of carbonyl (C=O) groups is 1. The number of aryl methyl sites for hydroxylation is 1. The third-order valence-corrected chi connectivity index (χ3v) is 5.70. The summed E-state index contributed by atoms with van der Waals surface area (Å²) in [4.78, 5) is 12.7. The number of hydrogen-bond acceptors (Lipinski definition) is 3. The van der Waals surface area contributed by atoms with Gasteiger partial charge in [0.15, 0.2) is 0 Å². The Balaban J connectivity index is 3.27. The summed E-state index contributed by atoms with van der Waals surface area (Å²) in [6.45, 7) is 9.53. The largest absolute Gasteiger partial charge is 0.352 e. The average molecular weight is 375 g/mol. The second-order valence-electron chi connectivity index (χ2n) is 6.46. The topological polar surface area (TPSA) is 66.5 Å². The van der Waals surface area contributed by atoms with Crippen LogP contribution in [0.4, 0.5) is 5.69 Å². The molecule has 0 radical (unpaired) electrons. The van der Waals surface area contributed by atoms with Gasteiger partial charge in [0.1, 0.15) is 6.04 Å². The van der Waals surface area contributed by atoms with Crippen molar-refractivity contribution >= 4 is 33.2 Å². The van der Waals surface area contributed by atoms with E-state index in [2.05, 4.69) is 5.32 Å². The van der Waals surface area contributed by atoms with Crippen molar-refractivity contribution in [3.05, 3.63) is 28.8 Å². The molecule has 5 nitrogen and oxygen atoms in total. The van der Waals surface area contributed by atoms with Gasteiger partial charge in [-0.05, 0) is 43.9 Å². The molecular formula is C17H27ClN2O3S. The highest BCUT2D eigenvalue weighted by molar-refractivity contribution is 7.92. The molecule has 0 saturated heterocycles. The Morgan fingerprint density at radius 2 is 1.88 bits per heavy atom. The van der Waals surface area contributed by atoms with Crippen LogP contribution in [0.3, 0.4) is 0 Å². The summed E-state index contributed by atoms with van der Waals surface area (Å²) < 4.78 is 25.9. The number of rotatable bonds is 7. The highest BCUT2D eigenvalue weighted by Gasteiger charge is 2.32. The van der Waals surface area contributed by atoms with E-state index in [1.54, 1.807) is 25.1 Å². The molecule has 0 unspecified atom stereocenters. The lowest BCUT2D eigenvalue weighted by Crippen LogP contribution is -2.52. The van der Waals surface area contributed by atoms with Gasteiger partial charge in [-0.1, -0.05) is 38.4 Å². The van der Waals surface area contributed by atoms with Crippen molar-refractivity contribution in [1.82, 2.24) is 5.32 Å². The maximum Gasteiger partial charge on any atom is 0.244 e. The Hall–Kier alpha value is -1.27. The normalized spacial score (nSPS) is 14.3. The monoisotopic (exact) mass is 374 g/mol. The summed E-state index contributed by atoms with van der Waals surface area (Å²) in [5, 5.41) is 3.37. The SMILES string of the molecule is CC[C@H](C(=O)N[C@H](C)C(C)C)N(c1ccc(C)c(Cl)c1)S(C)(=O)=O. The predicted octanol–water partition coefficient (Wildman–Crippen LogP) is 3.35. The molecule has 1 rings (SSSR count). The van der Waals surface area contributed by atoms with Gasteiger partial charge in [-0.25, -0.2) is 8.42 Å². The predicted molar refractivity (Wildman–Crippen MR) is 100 cm³/mol. The van der Waals surface area contributed by atoms with Crippen LogP contribution in [0.25, 0.3) is 0 Å². The summed E-state index contributed by atoms with van der Waals surface area (Å²) in [5.74, 6) is -0.0484. The molecule has 0 spiro atoms. The van der Waals surface area contributed by atoms with Crippen LogP contribution in [-0.2, 0) is 14.8 Å². The molecule has 2 atom stereocenters. The van der Waals surface area contributed by atoms with E-state index in [1.807, 2.05) is 27.7 Å². The molecule has 1 N–H and O–H groups in total. The van der Waals surface area contributed by atoms with Crippen LogP contribution >= 0.6 is 11.6 Å². The number of amides is 1. The maximum absolute atomic E-state index is 12.7. The van der Waals surface area contributed by atoms with Crippen LogP contribution in [0, 0.1) is 12.8 Å². The first kappa shape index (κ1) is 20.8. The molecule has 1 amide bonds. The number of anilines is 1. The van der Waals surface area contributed by atoms with Crippen molar-refractivity contribution < 1.29 is 13.2 Å². The standard InChI is InChI=1S/C17H27ClN2O3S/c1-7-16(17(21)19-13(5)11(2)3)20(24(6,22)23)14-9-8-12(4)15(18)10-14/h8-11,13,16H,7H2,1-6H3,(H,19,21)/t13-,16-/m1/s1. The molecule has 0 bridgehead atoms. The number of sulfonamides is 1. The second-order valence-corrected chi connectivity index (χ2v) is 8.72. The van der Waals surface area contributed by atoms with E-state index < -0.39 is 16.1 Å². The number of nitrogens with one attached hydrogen (secondary N) is 1. The van der Waals surface area contributed by atoms with E-state index in [9.17, 15) is 13.2 Å². The Morgan fingerprint density at radius 3 is 2.29 bits per heavy atom. The number of nitrogens with zero attached hydrogens (tertiary/aromatic N) is 1. The molecular weight excluding hydrogens is 348 g/mol. The van der Waals surface area contributed by atoms with Crippen molar-refractivity contribution in [2.24, 2.45) is 5.92 Å². The Bertz CT molecular complexity index is 689. The second kappa shape index (κ2) is 8.21. The molecule has 0 fully saturated rings. The van der Waals surface area contributed by atoms with Crippen molar-refractivity contribution in [2.45, 2.75) is 53.1 Å². The number of carbonyl (C=O) groups excluding carboxylic acids is 1. The van der Waals surface area contributed by atoms with Crippen LogP contribution in [0.2, 0.25) is 5.02 Å². The molecule has 1 aromatic carbocycles. The molecule has 0 heterocycles. The lowest BCUT2D eigenvalue weighted by atomic mass is 10.1. The Morgan fingerprint density at radius 1 is 1.29 bits per heavy atom. The minimum Gasteiger partial charge on any atom is -0.352 e. The molecule has 0 aliphatic rings. The highest BCUT2D eigenvalue weighted by atomic mass is 35.5. The smallest absolute Gasteiger partial charge is 0.244 e. The van der Waals surface area contributed by atoms with Crippen molar-refractivity contribution in [2.75, 3.05) is 10.6 Å². The van der Waals surface area contributed by atoms with E-state index in [4.69, 9.17) is 11.6 Å². The van der Waals surface area contributed by atoms with Crippen molar-refractivity contribution in [1.29, 1.82) is 0 Å². The third kappa shape index (κ3) is 5.11. The van der Waals surface area contributed by atoms with Crippen molar-refractivity contribution in [3.8, 4) is 0 Å². The summed E-state index contributed by atoms with van der Waals surface area (Å²) in [5.41, 5.74) is 1.24. The minimum absolute atomic E-state index is 0.0467. The van der Waals surface area contributed by atoms with E-state index >= 15 is 0 Å². The van der Waals surface area contributed by atoms with Gasteiger partial charge < -0.3 is 5.32 Å². The quantitative estimate of drug-likeness (QED) is 0.795. The first-order valence-corrected chi connectivity index (χ1v) is 10.3. The van der Waals surface area contributed by atoms with E-state index in [-0.39, 0.29) is 17.9 Å². The molecule has 0 saturated carbocycles. The molecule has 1 aromatic rings. The van der Waals surface area contributed by atoms with Crippen LogP contribution in [0.15, 0.2) is 18.2 Å². The van der Waals surface area contributed by atoms with E-state index in [0.717, 1.165) is 16.1 Å². The summed E-state index contributed by atoms with van der Waals surface area (Å²) in [6.07, 6.45) is 1.46. The zero-order valence-corrected chi connectivity index (χ0v) is 16.7. The first-order valence-electron chi connectivity index (χ1n) is 8.05. The van der Waals surface area contributed by atoms with Gasteiger partial charge in [0.2, 0.25) is 15.9 Å². The van der Waals surface area contributed by atoms with Gasteiger partial charge in [-0.3, -0.25) is 9.10 Å². The fraction of sp³-hybridized carbons (Fsp3) is 0.588. The third-order valence-electron chi connectivity index (χ3n) is 4.11. The maximum atomic E-state index is 12.7. The molecule has 0 aromatic heterocycles. The molecule has 0 aliphatic heterocycles. The fourth-order valence-electron chi connectivity index (χ4n) is 2.27. The van der Waals surface area contributed by atoms with Gasteiger partial charge in [-0.15, -0.1) is 0 Å². The lowest BCUT2D eigenvalue weighted by Gasteiger charge is -2.31. The number of hydrogen-bond donors (Lipinski definition) is 1. The lowest BCUT2D eigenvalue weighted by molar-refractivity contribution is -0.123. The van der Waals surface area contributed by atoms with Gasteiger partial charge in [0, 0.05) is 11.1 Å². The summed E-state index contributed by atoms with van der Waals surface area (Å²) >= 11 is 6.14. The van der Waals surface area contributed by atoms with Crippen LogP contribution in [-0.4, -0.2) is 32.7 Å². The zero-order valence-electron chi connectivity index (χ0n) is 15.1. The van der Waals surface area contributed by atoms with Gasteiger partial charge in [-0.2, -0.15) is 0 Å². The van der Waals surface area contributed by atoms with E-state index in [0.29, 0.717) is 17.1 Å². The zero-order chi connectivity index (χ0) is 18.7. The molecule has 24 heavy (non-hydrogen) atoms. The summed E-state index contributed by atoms with van der Waals surface area (Å²) in [7, 11) is -3.65. The Labute approximate surface area is 150 Å². The van der Waals surface area contributed by atoms with Crippen LogP contribution in [0.1, 0.15) is 39.7 Å². The van der Waals surface area contributed by atoms with Gasteiger partial charge in [0.05, 0.1) is 11.9 Å². The molecule has 7 heteroatoms. The van der Waals surface area contributed by atoms with Gasteiger partial charge >= 0.3 is 0 Å². The number of benzene rings is 1. The average Bonchev–Trinajstić information content (AvgIpc) is 2.46. The molecule has 0 aliphatic carbocycles. The first-order chi connectivity index (χ1) is 11.0. The number of halogens is 1. The minimum atomic E-state index is -3.65. The van der Waals surface area contributed by atoms with Crippen LogP contribution < -0.4 is 9.62 Å². The van der Waals surface area contributed by atoms with Crippen molar-refractivity contribution in [3.63, 3.8) is 0 Å². The highest BCUT2D eigenvalue weighted by Crippen LogP contribution is 2.27. The fourth-order valence-corrected chi connectivity index (χ4v) is 3.64. The van der Waals surface area contributed by atoms with Crippen LogP contribution in [0.5, 0.6) is 0 Å². The molecule has 136 valence electrons. The summed E-state index contributed by atoms with van der Waals surface area (Å²) in [6, 6.07) is 4.13. The van der Waals surface area contributed by atoms with E-state index in [1.165, 1.54) is 0 Å². The van der Waals surface area contributed by atoms with Gasteiger partial charge in [0.25, 0.3) is 0 Å².